The topological polar surface area (TPSA) is 21.1 Å². The van der Waals surface area contributed by atoms with Crippen molar-refractivity contribution in [3.05, 3.63) is 16.4 Å². The molecule has 1 aromatic heterocycles. The molecule has 0 aliphatic rings. The van der Waals surface area contributed by atoms with Crippen LogP contribution in [0.25, 0.3) is 0 Å². The van der Waals surface area contributed by atoms with Crippen molar-refractivity contribution in [2.75, 3.05) is 19.5 Å². The molecule has 104 valence electrons. The van der Waals surface area contributed by atoms with E-state index >= 15 is 0 Å². The third kappa shape index (κ3) is 4.45. The molecular formula is C13H23Cl2N3. The van der Waals surface area contributed by atoms with Gasteiger partial charge in [0.25, 0.3) is 0 Å². The van der Waals surface area contributed by atoms with Gasteiger partial charge in [0.15, 0.2) is 0 Å². The lowest BCUT2D eigenvalue weighted by molar-refractivity contribution is 0.307. The average molecular weight is 292 g/mol. The predicted octanol–water partition coefficient (Wildman–Crippen LogP) is 3.71. The number of unbranched alkanes of at least 4 members (excludes halogenated alkanes) is 2. The largest absolute Gasteiger partial charge is 0.301 e. The number of nitrogens with zero attached hydrogens (tertiary/aromatic N) is 3. The quantitative estimate of drug-likeness (QED) is 0.538. The van der Waals surface area contributed by atoms with Crippen LogP contribution < -0.4 is 0 Å². The predicted molar refractivity (Wildman–Crippen MR) is 78.6 cm³/mol. The van der Waals surface area contributed by atoms with Gasteiger partial charge in [-0.1, -0.05) is 18.0 Å². The fourth-order valence-electron chi connectivity index (χ4n) is 2.01. The number of rotatable bonds is 8. The maximum Gasteiger partial charge on any atom is 0.0860 e. The van der Waals surface area contributed by atoms with Crippen LogP contribution in [0.1, 0.15) is 37.6 Å². The van der Waals surface area contributed by atoms with E-state index in [1.54, 1.807) is 0 Å². The number of halogens is 2. The summed E-state index contributed by atoms with van der Waals surface area (Å²) in [7, 11) is 2.12. The highest BCUT2D eigenvalue weighted by Crippen LogP contribution is 2.21. The van der Waals surface area contributed by atoms with Crippen LogP contribution >= 0.6 is 23.2 Å². The molecule has 18 heavy (non-hydrogen) atoms. The molecule has 1 aromatic rings. The van der Waals surface area contributed by atoms with Crippen molar-refractivity contribution < 1.29 is 0 Å². The van der Waals surface area contributed by atoms with Crippen LogP contribution in [0.15, 0.2) is 0 Å². The zero-order valence-electron chi connectivity index (χ0n) is 11.5. The van der Waals surface area contributed by atoms with Gasteiger partial charge in [-0.3, -0.25) is 4.68 Å². The van der Waals surface area contributed by atoms with Gasteiger partial charge in [0.1, 0.15) is 0 Å². The van der Waals surface area contributed by atoms with Crippen molar-refractivity contribution in [2.24, 2.45) is 0 Å². The van der Waals surface area contributed by atoms with Gasteiger partial charge in [-0.2, -0.15) is 5.10 Å². The summed E-state index contributed by atoms with van der Waals surface area (Å²) in [6, 6.07) is 0. The van der Waals surface area contributed by atoms with Gasteiger partial charge < -0.3 is 4.90 Å². The zero-order chi connectivity index (χ0) is 13.5. The van der Waals surface area contributed by atoms with Gasteiger partial charge in [0, 0.05) is 19.0 Å². The fourth-order valence-corrected chi connectivity index (χ4v) is 2.39. The molecule has 0 fully saturated rings. The summed E-state index contributed by atoms with van der Waals surface area (Å²) in [5.74, 6) is 0.761. The second-order valence-corrected chi connectivity index (χ2v) is 5.41. The normalized spacial score (nSPS) is 11.4. The molecule has 0 saturated carbocycles. The minimum Gasteiger partial charge on any atom is -0.301 e. The minimum absolute atomic E-state index is 0.761. The molecule has 0 N–H and O–H groups in total. The fraction of sp³-hybridized carbons (Fsp3) is 0.769. The highest BCUT2D eigenvalue weighted by molar-refractivity contribution is 6.31. The second kappa shape index (κ2) is 8.03. The molecule has 0 aliphatic carbocycles. The summed E-state index contributed by atoms with van der Waals surface area (Å²) < 4.78 is 1.99. The van der Waals surface area contributed by atoms with Gasteiger partial charge in [-0.05, 0) is 40.3 Å². The van der Waals surface area contributed by atoms with E-state index in [4.69, 9.17) is 23.2 Å². The van der Waals surface area contributed by atoms with Crippen LogP contribution in [-0.2, 0) is 13.1 Å². The molecule has 1 heterocycles. The van der Waals surface area contributed by atoms with E-state index in [1.807, 2.05) is 11.6 Å². The minimum atomic E-state index is 0.761. The molecule has 0 aromatic carbocycles. The summed E-state index contributed by atoms with van der Waals surface area (Å²) in [4.78, 5) is 2.29. The van der Waals surface area contributed by atoms with Crippen molar-refractivity contribution in [2.45, 2.75) is 46.2 Å². The molecule has 0 unspecified atom stereocenters. The van der Waals surface area contributed by atoms with E-state index in [0.717, 1.165) is 48.3 Å². The molecular weight excluding hydrogens is 269 g/mol. The number of alkyl halides is 1. The molecule has 1 rings (SSSR count). The Kier molecular flexibility index (Phi) is 7.05. The van der Waals surface area contributed by atoms with Crippen LogP contribution in [-0.4, -0.2) is 34.2 Å². The van der Waals surface area contributed by atoms with Crippen LogP contribution in [0.2, 0.25) is 5.02 Å². The molecule has 0 amide bonds. The Morgan fingerprint density at radius 2 is 2.00 bits per heavy atom. The standard InChI is InChI=1S/C13H23Cl2N3/c1-4-18-12(13(15)11(2)16-18)10-17(3)9-7-5-6-8-14/h4-10H2,1-3H3. The lowest BCUT2D eigenvalue weighted by Gasteiger charge is -2.17. The van der Waals surface area contributed by atoms with E-state index in [1.165, 1.54) is 12.8 Å². The lowest BCUT2D eigenvalue weighted by Crippen LogP contribution is -2.21. The summed E-state index contributed by atoms with van der Waals surface area (Å²) >= 11 is 12.0. The van der Waals surface area contributed by atoms with Gasteiger partial charge in [-0.15, -0.1) is 11.6 Å². The van der Waals surface area contributed by atoms with E-state index in [0.29, 0.717) is 0 Å². The molecule has 0 aliphatic heterocycles. The molecule has 0 bridgehead atoms. The average Bonchev–Trinajstić information content (AvgIpc) is 2.62. The monoisotopic (exact) mass is 291 g/mol. The van der Waals surface area contributed by atoms with Gasteiger partial charge in [0.2, 0.25) is 0 Å². The van der Waals surface area contributed by atoms with E-state index in [-0.39, 0.29) is 0 Å². The van der Waals surface area contributed by atoms with Crippen LogP contribution in [0.5, 0.6) is 0 Å². The van der Waals surface area contributed by atoms with E-state index in [2.05, 4.69) is 24.0 Å². The van der Waals surface area contributed by atoms with Crippen molar-refractivity contribution in [1.29, 1.82) is 0 Å². The first-order valence-electron chi connectivity index (χ1n) is 6.56. The number of hydrogen-bond donors (Lipinski definition) is 0. The maximum absolute atomic E-state index is 6.29. The van der Waals surface area contributed by atoms with Crippen molar-refractivity contribution >= 4 is 23.2 Å². The Bertz CT molecular complexity index is 363. The smallest absolute Gasteiger partial charge is 0.0860 e. The molecule has 0 radical (unpaired) electrons. The molecule has 3 nitrogen and oxygen atoms in total. The third-order valence-electron chi connectivity index (χ3n) is 3.05. The molecule has 0 saturated heterocycles. The Morgan fingerprint density at radius 1 is 1.28 bits per heavy atom. The first-order chi connectivity index (χ1) is 8.60. The van der Waals surface area contributed by atoms with Crippen molar-refractivity contribution in [1.82, 2.24) is 14.7 Å². The zero-order valence-corrected chi connectivity index (χ0v) is 13.1. The van der Waals surface area contributed by atoms with Crippen molar-refractivity contribution in [3.8, 4) is 0 Å². The summed E-state index contributed by atoms with van der Waals surface area (Å²) in [5, 5.41) is 5.24. The van der Waals surface area contributed by atoms with Crippen LogP contribution in [0, 0.1) is 6.92 Å². The number of aromatic nitrogens is 2. The number of aryl methyl sites for hydroxylation is 2. The van der Waals surface area contributed by atoms with Gasteiger partial charge >= 0.3 is 0 Å². The lowest BCUT2D eigenvalue weighted by atomic mass is 10.2. The molecule has 0 spiro atoms. The third-order valence-corrected chi connectivity index (χ3v) is 3.80. The second-order valence-electron chi connectivity index (χ2n) is 4.65. The molecule has 0 atom stereocenters. The first-order valence-corrected chi connectivity index (χ1v) is 7.47. The van der Waals surface area contributed by atoms with Crippen LogP contribution in [0.4, 0.5) is 0 Å². The van der Waals surface area contributed by atoms with E-state index < -0.39 is 0 Å². The Hall–Kier alpha value is -0.250. The summed E-state index contributed by atoms with van der Waals surface area (Å²) in [6.45, 7) is 6.84. The van der Waals surface area contributed by atoms with Crippen LogP contribution in [0.3, 0.4) is 0 Å². The summed E-state index contributed by atoms with van der Waals surface area (Å²) in [5.41, 5.74) is 2.04. The summed E-state index contributed by atoms with van der Waals surface area (Å²) in [6.07, 6.45) is 3.47. The highest BCUT2D eigenvalue weighted by atomic mass is 35.5. The van der Waals surface area contributed by atoms with Gasteiger partial charge in [-0.25, -0.2) is 0 Å². The van der Waals surface area contributed by atoms with E-state index in [9.17, 15) is 0 Å². The van der Waals surface area contributed by atoms with Crippen molar-refractivity contribution in [3.63, 3.8) is 0 Å². The Labute approximate surface area is 120 Å². The Balaban J connectivity index is 2.50. The molecule has 5 heteroatoms. The SMILES string of the molecule is CCn1nc(C)c(Cl)c1CN(C)CCCCCCl. The Morgan fingerprint density at radius 3 is 2.61 bits per heavy atom. The highest BCUT2D eigenvalue weighted by Gasteiger charge is 2.13. The maximum atomic E-state index is 6.29. The number of hydrogen-bond acceptors (Lipinski definition) is 2. The van der Waals surface area contributed by atoms with Gasteiger partial charge in [0.05, 0.1) is 16.4 Å². The first kappa shape index (κ1) is 15.8.